The molecule has 0 aliphatic carbocycles. The molecule has 6 nitrogen and oxygen atoms in total. The fourth-order valence-electron chi connectivity index (χ4n) is 3.97. The van der Waals surface area contributed by atoms with Crippen LogP contribution in [0, 0.1) is 0 Å². The van der Waals surface area contributed by atoms with Gasteiger partial charge in [-0.15, -0.1) is 0 Å². The Morgan fingerprint density at radius 1 is 1.17 bits per heavy atom. The van der Waals surface area contributed by atoms with Gasteiger partial charge in [0.25, 0.3) is 0 Å². The molecular formula is C23H27BrN2O4. The normalized spacial score (nSPS) is 16.8. The van der Waals surface area contributed by atoms with Gasteiger partial charge in [-0.2, -0.15) is 0 Å². The molecule has 2 amide bonds. The molecule has 1 fully saturated rings. The van der Waals surface area contributed by atoms with Gasteiger partial charge in [0.2, 0.25) is 11.8 Å². The smallest absolute Gasteiger partial charge is 0.225 e. The van der Waals surface area contributed by atoms with Crippen molar-refractivity contribution in [1.29, 1.82) is 0 Å². The molecule has 2 aromatic carbocycles. The van der Waals surface area contributed by atoms with E-state index in [9.17, 15) is 9.59 Å². The molecule has 0 saturated carbocycles. The van der Waals surface area contributed by atoms with Crippen LogP contribution >= 0.6 is 15.9 Å². The lowest BCUT2D eigenvalue weighted by Gasteiger charge is -2.28. The minimum Gasteiger partial charge on any atom is -0.497 e. The molecule has 1 saturated heterocycles. The molecule has 1 aliphatic rings. The van der Waals surface area contributed by atoms with E-state index in [-0.39, 0.29) is 30.3 Å². The molecule has 1 aliphatic heterocycles. The quantitative estimate of drug-likeness (QED) is 0.645. The summed E-state index contributed by atoms with van der Waals surface area (Å²) in [6.07, 6.45) is 1.97. The largest absolute Gasteiger partial charge is 0.497 e. The van der Waals surface area contributed by atoms with Crippen molar-refractivity contribution in [2.45, 2.75) is 38.3 Å². The van der Waals surface area contributed by atoms with Gasteiger partial charge in [-0.1, -0.05) is 28.1 Å². The number of ether oxygens (including phenoxy) is 2. The molecule has 0 bridgehead atoms. The zero-order chi connectivity index (χ0) is 21.7. The van der Waals surface area contributed by atoms with Crippen LogP contribution in [0.1, 0.15) is 49.4 Å². The van der Waals surface area contributed by atoms with Crippen molar-refractivity contribution in [2.24, 2.45) is 0 Å². The van der Waals surface area contributed by atoms with E-state index in [2.05, 4.69) is 21.2 Å². The van der Waals surface area contributed by atoms with Crippen molar-refractivity contribution < 1.29 is 19.1 Å². The number of halogens is 1. The van der Waals surface area contributed by atoms with Gasteiger partial charge in [0, 0.05) is 23.5 Å². The number of carbonyl (C=O) groups excluding carboxylic acids is 2. The number of nitrogens with zero attached hydrogens (tertiary/aromatic N) is 1. The lowest BCUT2D eigenvalue weighted by Crippen LogP contribution is -2.35. The van der Waals surface area contributed by atoms with Gasteiger partial charge >= 0.3 is 0 Å². The topological polar surface area (TPSA) is 67.9 Å². The summed E-state index contributed by atoms with van der Waals surface area (Å²) in [6.45, 7) is 2.15. The second-order valence-electron chi connectivity index (χ2n) is 7.36. The number of hydrogen-bond donors (Lipinski definition) is 1. The number of rotatable bonds is 7. The monoisotopic (exact) mass is 474 g/mol. The number of nitrogens with one attached hydrogen (secondary N) is 1. The number of methoxy groups -OCH3 is 2. The molecule has 1 N–H and O–H groups in total. The lowest BCUT2D eigenvalue weighted by molar-refractivity contribution is -0.133. The van der Waals surface area contributed by atoms with Gasteiger partial charge in [-0.05, 0) is 48.7 Å². The first kappa shape index (κ1) is 22.2. The van der Waals surface area contributed by atoms with Crippen molar-refractivity contribution >= 4 is 27.7 Å². The van der Waals surface area contributed by atoms with Crippen LogP contribution in [0.3, 0.4) is 0 Å². The standard InChI is InChI=1S/C23H27BrN2O4/c1-15(27)25-20(16-6-8-17(24)9-7-16)14-23(28)26-12-4-5-21(26)19-13-18(29-2)10-11-22(19)30-3/h6-11,13,20-21H,4-5,12,14H2,1-3H3,(H,25,27). The van der Waals surface area contributed by atoms with E-state index >= 15 is 0 Å². The van der Waals surface area contributed by atoms with Crippen LogP contribution < -0.4 is 14.8 Å². The highest BCUT2D eigenvalue weighted by Crippen LogP contribution is 2.39. The molecule has 2 aromatic rings. The molecule has 0 spiro atoms. The molecular weight excluding hydrogens is 448 g/mol. The predicted octanol–water partition coefficient (Wildman–Crippen LogP) is 4.40. The fraction of sp³-hybridized carbons (Fsp3) is 0.391. The molecule has 0 aromatic heterocycles. The Hall–Kier alpha value is -2.54. The Labute approximate surface area is 185 Å². The highest BCUT2D eigenvalue weighted by molar-refractivity contribution is 9.10. The van der Waals surface area contributed by atoms with E-state index in [1.54, 1.807) is 14.2 Å². The first-order valence-electron chi connectivity index (χ1n) is 9.97. The summed E-state index contributed by atoms with van der Waals surface area (Å²) in [4.78, 5) is 27.0. The number of likely N-dealkylation sites (tertiary alicyclic amines) is 1. The van der Waals surface area contributed by atoms with E-state index in [4.69, 9.17) is 9.47 Å². The third-order valence-electron chi connectivity index (χ3n) is 5.40. The van der Waals surface area contributed by atoms with E-state index in [1.165, 1.54) is 6.92 Å². The zero-order valence-corrected chi connectivity index (χ0v) is 19.1. The van der Waals surface area contributed by atoms with Gasteiger partial charge in [-0.25, -0.2) is 0 Å². The summed E-state index contributed by atoms with van der Waals surface area (Å²) < 4.78 is 11.9. The van der Waals surface area contributed by atoms with Gasteiger partial charge < -0.3 is 19.7 Å². The molecule has 0 radical (unpaired) electrons. The average Bonchev–Trinajstić information content (AvgIpc) is 3.23. The van der Waals surface area contributed by atoms with Crippen molar-refractivity contribution in [1.82, 2.24) is 10.2 Å². The molecule has 2 atom stereocenters. The van der Waals surface area contributed by atoms with Gasteiger partial charge in [0.1, 0.15) is 11.5 Å². The van der Waals surface area contributed by atoms with Crippen molar-refractivity contribution in [3.63, 3.8) is 0 Å². The second kappa shape index (κ2) is 9.98. The average molecular weight is 475 g/mol. The van der Waals surface area contributed by atoms with Crippen molar-refractivity contribution in [3.05, 3.63) is 58.1 Å². The first-order chi connectivity index (χ1) is 14.4. The predicted molar refractivity (Wildman–Crippen MR) is 119 cm³/mol. The maximum atomic E-state index is 13.3. The maximum Gasteiger partial charge on any atom is 0.225 e. The van der Waals surface area contributed by atoms with Crippen molar-refractivity contribution in [3.8, 4) is 11.5 Å². The molecule has 2 unspecified atom stereocenters. The molecule has 7 heteroatoms. The Balaban J connectivity index is 1.83. The number of hydrogen-bond acceptors (Lipinski definition) is 4. The number of carbonyl (C=O) groups is 2. The fourth-order valence-corrected chi connectivity index (χ4v) is 4.24. The van der Waals surface area contributed by atoms with Crippen LogP contribution in [0.25, 0.3) is 0 Å². The summed E-state index contributed by atoms with van der Waals surface area (Å²) in [5, 5.41) is 2.92. The van der Waals surface area contributed by atoms with E-state index in [0.717, 1.165) is 39.9 Å². The van der Waals surface area contributed by atoms with Crippen LogP contribution in [0.5, 0.6) is 11.5 Å². The first-order valence-corrected chi connectivity index (χ1v) is 10.8. The summed E-state index contributed by atoms with van der Waals surface area (Å²) in [5.74, 6) is 1.31. The van der Waals surface area contributed by atoms with Gasteiger partial charge in [0.05, 0.1) is 32.7 Å². The Morgan fingerprint density at radius 3 is 2.53 bits per heavy atom. The van der Waals surface area contributed by atoms with E-state index in [1.807, 2.05) is 47.4 Å². The lowest BCUT2D eigenvalue weighted by atomic mass is 10.0. The zero-order valence-electron chi connectivity index (χ0n) is 17.5. The summed E-state index contributed by atoms with van der Waals surface area (Å²) >= 11 is 3.42. The van der Waals surface area contributed by atoms with Crippen LogP contribution in [0.15, 0.2) is 46.9 Å². The van der Waals surface area contributed by atoms with E-state index < -0.39 is 0 Å². The van der Waals surface area contributed by atoms with Crippen LogP contribution in [0.4, 0.5) is 0 Å². The van der Waals surface area contributed by atoms with Gasteiger partial charge in [-0.3, -0.25) is 9.59 Å². The molecule has 1 heterocycles. The van der Waals surface area contributed by atoms with Crippen LogP contribution in [-0.2, 0) is 9.59 Å². The molecule has 30 heavy (non-hydrogen) atoms. The van der Waals surface area contributed by atoms with Crippen LogP contribution in [-0.4, -0.2) is 37.5 Å². The van der Waals surface area contributed by atoms with Gasteiger partial charge in [0.15, 0.2) is 0 Å². The Bertz CT molecular complexity index is 901. The molecule has 160 valence electrons. The maximum absolute atomic E-state index is 13.3. The summed E-state index contributed by atoms with van der Waals surface area (Å²) in [6, 6.07) is 12.9. The summed E-state index contributed by atoms with van der Waals surface area (Å²) in [5.41, 5.74) is 1.85. The third-order valence-corrected chi connectivity index (χ3v) is 5.93. The minimum absolute atomic E-state index is 0.00374. The summed E-state index contributed by atoms with van der Waals surface area (Å²) in [7, 11) is 3.26. The second-order valence-corrected chi connectivity index (χ2v) is 8.28. The highest BCUT2D eigenvalue weighted by Gasteiger charge is 2.33. The SMILES string of the molecule is COc1ccc(OC)c(C2CCCN2C(=O)CC(NC(C)=O)c2ccc(Br)cc2)c1. The third kappa shape index (κ3) is 5.14. The Morgan fingerprint density at radius 2 is 1.90 bits per heavy atom. The Kier molecular flexibility index (Phi) is 7.37. The van der Waals surface area contributed by atoms with Crippen molar-refractivity contribution in [2.75, 3.05) is 20.8 Å². The minimum atomic E-state index is -0.378. The number of benzene rings is 2. The molecule has 3 rings (SSSR count). The number of amides is 2. The van der Waals surface area contributed by atoms with Crippen LogP contribution in [0.2, 0.25) is 0 Å². The highest BCUT2D eigenvalue weighted by atomic mass is 79.9. The van der Waals surface area contributed by atoms with E-state index in [0.29, 0.717) is 6.54 Å².